The average molecular weight is 157 g/mol. The van der Waals surface area contributed by atoms with Crippen molar-refractivity contribution in [3.8, 4) is 0 Å². The van der Waals surface area contributed by atoms with Gasteiger partial charge in [0.25, 0.3) is 0 Å². The first-order chi connectivity index (χ1) is 5.07. The third-order valence-corrected chi connectivity index (χ3v) is 2.18. The Kier molecular flexibility index (Phi) is 2.18. The predicted octanol–water partition coefficient (Wildman–Crippen LogP) is 0.707. The van der Waals surface area contributed by atoms with Gasteiger partial charge >= 0.3 is 5.97 Å². The molecule has 64 valence electrons. The standard InChI is InChI=1S/C8H15NO2/c1-6(2)3-8(7(10)11)4-9-5-8/h6,9H,3-5H2,1-2H3,(H,10,11). The fourth-order valence-corrected chi connectivity index (χ4v) is 1.59. The van der Waals surface area contributed by atoms with Crippen LogP contribution in [0.1, 0.15) is 20.3 Å². The minimum atomic E-state index is -0.648. The molecule has 0 saturated carbocycles. The molecular weight excluding hydrogens is 142 g/mol. The van der Waals surface area contributed by atoms with E-state index in [0.717, 1.165) is 6.42 Å². The minimum absolute atomic E-state index is 0.450. The van der Waals surface area contributed by atoms with E-state index in [0.29, 0.717) is 19.0 Å². The highest BCUT2D eigenvalue weighted by Crippen LogP contribution is 2.30. The van der Waals surface area contributed by atoms with E-state index < -0.39 is 11.4 Å². The Morgan fingerprint density at radius 1 is 1.64 bits per heavy atom. The van der Waals surface area contributed by atoms with E-state index in [1.807, 2.05) is 0 Å². The monoisotopic (exact) mass is 157 g/mol. The second-order valence-electron chi connectivity index (χ2n) is 3.79. The summed E-state index contributed by atoms with van der Waals surface area (Å²) in [7, 11) is 0. The maximum absolute atomic E-state index is 10.8. The van der Waals surface area contributed by atoms with E-state index in [2.05, 4.69) is 19.2 Å². The molecule has 3 nitrogen and oxygen atoms in total. The van der Waals surface area contributed by atoms with Crippen molar-refractivity contribution >= 4 is 5.97 Å². The molecule has 2 N–H and O–H groups in total. The molecule has 1 aliphatic rings. The van der Waals surface area contributed by atoms with Gasteiger partial charge in [0.2, 0.25) is 0 Å². The summed E-state index contributed by atoms with van der Waals surface area (Å²) in [5.41, 5.74) is -0.450. The molecule has 0 aromatic carbocycles. The van der Waals surface area contributed by atoms with Crippen LogP contribution in [0.25, 0.3) is 0 Å². The fraction of sp³-hybridized carbons (Fsp3) is 0.875. The van der Waals surface area contributed by atoms with E-state index in [4.69, 9.17) is 5.11 Å². The van der Waals surface area contributed by atoms with Crippen LogP contribution in [0, 0.1) is 11.3 Å². The first kappa shape index (κ1) is 8.53. The number of nitrogens with one attached hydrogen (secondary N) is 1. The molecule has 0 radical (unpaired) electrons. The van der Waals surface area contributed by atoms with Gasteiger partial charge in [-0.25, -0.2) is 0 Å². The maximum Gasteiger partial charge on any atom is 0.312 e. The Labute approximate surface area is 66.8 Å². The normalized spacial score (nSPS) is 21.4. The summed E-state index contributed by atoms with van der Waals surface area (Å²) in [6, 6.07) is 0. The van der Waals surface area contributed by atoms with E-state index in [-0.39, 0.29) is 0 Å². The Balaban J connectivity index is 2.54. The zero-order chi connectivity index (χ0) is 8.48. The topological polar surface area (TPSA) is 49.3 Å². The zero-order valence-electron chi connectivity index (χ0n) is 7.05. The lowest BCUT2D eigenvalue weighted by atomic mass is 9.75. The molecule has 11 heavy (non-hydrogen) atoms. The number of aliphatic carboxylic acids is 1. The van der Waals surface area contributed by atoms with Gasteiger partial charge in [-0.15, -0.1) is 0 Å². The molecule has 0 aromatic heterocycles. The summed E-state index contributed by atoms with van der Waals surface area (Å²) in [5, 5.41) is 11.9. The van der Waals surface area contributed by atoms with Gasteiger partial charge in [0.05, 0.1) is 5.41 Å². The Morgan fingerprint density at radius 3 is 2.27 bits per heavy atom. The summed E-state index contributed by atoms with van der Waals surface area (Å²) >= 11 is 0. The molecule has 0 aromatic rings. The van der Waals surface area contributed by atoms with Crippen LogP contribution in [0.3, 0.4) is 0 Å². The number of rotatable bonds is 3. The molecule has 1 aliphatic heterocycles. The lowest BCUT2D eigenvalue weighted by Crippen LogP contribution is -2.58. The van der Waals surface area contributed by atoms with Crippen LogP contribution in [0.4, 0.5) is 0 Å². The molecule has 1 rings (SSSR count). The molecule has 0 amide bonds. The first-order valence-corrected chi connectivity index (χ1v) is 4.01. The summed E-state index contributed by atoms with van der Waals surface area (Å²) in [4.78, 5) is 10.8. The molecule has 1 heterocycles. The number of hydrogen-bond acceptors (Lipinski definition) is 2. The first-order valence-electron chi connectivity index (χ1n) is 4.01. The van der Waals surface area contributed by atoms with Crippen molar-refractivity contribution in [1.82, 2.24) is 5.32 Å². The number of carboxylic acids is 1. The fourth-order valence-electron chi connectivity index (χ4n) is 1.59. The van der Waals surface area contributed by atoms with E-state index in [9.17, 15) is 4.79 Å². The van der Waals surface area contributed by atoms with Gasteiger partial charge in [0.1, 0.15) is 0 Å². The number of carboxylic acid groups (broad SMARTS) is 1. The van der Waals surface area contributed by atoms with Gasteiger partial charge in [-0.05, 0) is 12.3 Å². The highest BCUT2D eigenvalue weighted by Gasteiger charge is 2.44. The quantitative estimate of drug-likeness (QED) is 0.634. The molecule has 1 saturated heterocycles. The minimum Gasteiger partial charge on any atom is -0.481 e. The third-order valence-electron chi connectivity index (χ3n) is 2.18. The lowest BCUT2D eigenvalue weighted by molar-refractivity contribution is -0.153. The SMILES string of the molecule is CC(C)CC1(C(=O)O)CNC1. The molecule has 0 unspecified atom stereocenters. The molecule has 0 atom stereocenters. The molecular formula is C8H15NO2. The summed E-state index contributed by atoms with van der Waals surface area (Å²) in [6.45, 7) is 5.40. The van der Waals surface area contributed by atoms with Crippen LogP contribution >= 0.6 is 0 Å². The van der Waals surface area contributed by atoms with E-state index >= 15 is 0 Å². The maximum atomic E-state index is 10.8. The number of hydrogen-bond donors (Lipinski definition) is 2. The van der Waals surface area contributed by atoms with Crippen molar-refractivity contribution in [2.24, 2.45) is 11.3 Å². The van der Waals surface area contributed by atoms with Crippen molar-refractivity contribution in [2.45, 2.75) is 20.3 Å². The summed E-state index contributed by atoms with van der Waals surface area (Å²) in [5.74, 6) is -0.182. The number of carbonyl (C=O) groups is 1. The van der Waals surface area contributed by atoms with Crippen LogP contribution < -0.4 is 5.32 Å². The largest absolute Gasteiger partial charge is 0.481 e. The third kappa shape index (κ3) is 1.53. The molecule has 0 aliphatic carbocycles. The van der Waals surface area contributed by atoms with Gasteiger partial charge in [-0.1, -0.05) is 13.8 Å². The zero-order valence-corrected chi connectivity index (χ0v) is 7.05. The van der Waals surface area contributed by atoms with Gasteiger partial charge in [-0.3, -0.25) is 4.79 Å². The van der Waals surface area contributed by atoms with Crippen molar-refractivity contribution in [3.05, 3.63) is 0 Å². The van der Waals surface area contributed by atoms with Crippen LogP contribution in [0.15, 0.2) is 0 Å². The molecule has 3 heteroatoms. The molecule has 0 spiro atoms. The Hall–Kier alpha value is -0.570. The highest BCUT2D eigenvalue weighted by molar-refractivity contribution is 5.76. The van der Waals surface area contributed by atoms with Gasteiger partial charge < -0.3 is 10.4 Å². The molecule has 0 bridgehead atoms. The Morgan fingerprint density at radius 2 is 2.18 bits per heavy atom. The second kappa shape index (κ2) is 2.81. The van der Waals surface area contributed by atoms with Crippen molar-refractivity contribution in [1.29, 1.82) is 0 Å². The van der Waals surface area contributed by atoms with Crippen LogP contribution in [-0.4, -0.2) is 24.2 Å². The Bertz CT molecular complexity index is 161. The lowest BCUT2D eigenvalue weighted by Gasteiger charge is -2.39. The smallest absolute Gasteiger partial charge is 0.312 e. The summed E-state index contributed by atoms with van der Waals surface area (Å²) < 4.78 is 0. The predicted molar refractivity (Wildman–Crippen MR) is 42.4 cm³/mol. The van der Waals surface area contributed by atoms with Crippen LogP contribution in [0.5, 0.6) is 0 Å². The summed E-state index contributed by atoms with van der Waals surface area (Å²) in [6.07, 6.45) is 0.787. The van der Waals surface area contributed by atoms with Crippen LogP contribution in [0.2, 0.25) is 0 Å². The van der Waals surface area contributed by atoms with Gasteiger partial charge in [0, 0.05) is 13.1 Å². The van der Waals surface area contributed by atoms with E-state index in [1.165, 1.54) is 0 Å². The molecule has 1 fully saturated rings. The van der Waals surface area contributed by atoms with Gasteiger partial charge in [0.15, 0.2) is 0 Å². The average Bonchev–Trinajstić information content (AvgIpc) is 1.77. The van der Waals surface area contributed by atoms with E-state index in [1.54, 1.807) is 0 Å². The van der Waals surface area contributed by atoms with Crippen molar-refractivity contribution in [3.63, 3.8) is 0 Å². The second-order valence-corrected chi connectivity index (χ2v) is 3.79. The van der Waals surface area contributed by atoms with Crippen LogP contribution in [-0.2, 0) is 4.79 Å². The van der Waals surface area contributed by atoms with Crippen molar-refractivity contribution < 1.29 is 9.90 Å². The highest BCUT2D eigenvalue weighted by atomic mass is 16.4. The van der Waals surface area contributed by atoms with Gasteiger partial charge in [-0.2, -0.15) is 0 Å². The van der Waals surface area contributed by atoms with Crippen molar-refractivity contribution in [2.75, 3.05) is 13.1 Å².